The van der Waals surface area contributed by atoms with Crippen LogP contribution in [0.2, 0.25) is 0 Å². The summed E-state index contributed by atoms with van der Waals surface area (Å²) in [5.74, 6) is -0.549. The van der Waals surface area contributed by atoms with Crippen LogP contribution in [-0.4, -0.2) is 31.7 Å². The molecule has 0 fully saturated rings. The molecule has 1 heterocycles. The van der Waals surface area contributed by atoms with Crippen molar-refractivity contribution in [1.29, 1.82) is 0 Å². The number of nitrogens with zero attached hydrogens (tertiary/aromatic N) is 3. The van der Waals surface area contributed by atoms with Crippen LogP contribution in [0.1, 0.15) is 39.2 Å². The number of rotatable bonds is 8. The number of hydrazone groups is 1. The Balaban J connectivity index is 1.58. The Kier molecular flexibility index (Phi) is 8.06. The molecule has 3 aromatic carbocycles. The Morgan fingerprint density at radius 3 is 2.15 bits per heavy atom. The van der Waals surface area contributed by atoms with Gasteiger partial charge in [0.1, 0.15) is 6.54 Å². The third kappa shape index (κ3) is 5.81. The molecule has 1 N–H and O–H groups in total. The van der Waals surface area contributed by atoms with Gasteiger partial charge in [-0.05, 0) is 94.1 Å². The maximum atomic E-state index is 13.5. The molecule has 202 valence electrons. The fourth-order valence-electron chi connectivity index (χ4n) is 4.68. The van der Waals surface area contributed by atoms with Crippen LogP contribution < -0.4 is 9.73 Å². The Morgan fingerprint density at radius 2 is 1.51 bits per heavy atom. The molecule has 0 aliphatic rings. The number of hydrogen-bond acceptors (Lipinski definition) is 4. The Bertz CT molecular complexity index is 1630. The van der Waals surface area contributed by atoms with E-state index in [2.05, 4.69) is 41.1 Å². The van der Waals surface area contributed by atoms with Crippen molar-refractivity contribution < 1.29 is 13.2 Å². The minimum Gasteiger partial charge on any atom is -0.317 e. The number of carbonyl (C=O) groups excluding carboxylic acids is 1. The van der Waals surface area contributed by atoms with Crippen LogP contribution in [0.4, 0.5) is 5.69 Å². The molecule has 1 aromatic heterocycles. The number of benzene rings is 3. The van der Waals surface area contributed by atoms with E-state index in [0.29, 0.717) is 5.69 Å². The summed E-state index contributed by atoms with van der Waals surface area (Å²) < 4.78 is 30.4. The number of aromatic nitrogens is 1. The van der Waals surface area contributed by atoms with Gasteiger partial charge in [-0.15, -0.1) is 0 Å². The average Bonchev–Trinajstić information content (AvgIpc) is 3.17. The van der Waals surface area contributed by atoms with Gasteiger partial charge in [0.15, 0.2) is 0 Å². The molecule has 0 aliphatic carbocycles. The van der Waals surface area contributed by atoms with Crippen LogP contribution in [0.3, 0.4) is 0 Å². The highest BCUT2D eigenvalue weighted by Gasteiger charge is 2.27. The van der Waals surface area contributed by atoms with Gasteiger partial charge in [-0.3, -0.25) is 9.10 Å². The second-order valence-corrected chi connectivity index (χ2v) is 11.7. The molecule has 0 aliphatic heterocycles. The van der Waals surface area contributed by atoms with E-state index in [1.807, 2.05) is 45.9 Å². The van der Waals surface area contributed by atoms with Crippen molar-refractivity contribution in [3.63, 3.8) is 0 Å². The molecule has 0 bridgehead atoms. The monoisotopic (exact) mass is 542 g/mol. The molecule has 8 heteroatoms. The lowest BCUT2D eigenvalue weighted by Crippen LogP contribution is -2.39. The largest absolute Gasteiger partial charge is 0.317 e. The normalized spacial score (nSPS) is 11.6. The van der Waals surface area contributed by atoms with Crippen molar-refractivity contribution >= 4 is 27.8 Å². The lowest BCUT2D eigenvalue weighted by Gasteiger charge is -2.24. The van der Waals surface area contributed by atoms with Gasteiger partial charge in [-0.25, -0.2) is 13.8 Å². The third-order valence-corrected chi connectivity index (χ3v) is 8.71. The quantitative estimate of drug-likeness (QED) is 0.230. The number of carbonyl (C=O) groups is 1. The highest BCUT2D eigenvalue weighted by Crippen LogP contribution is 2.27. The van der Waals surface area contributed by atoms with Gasteiger partial charge in [-0.1, -0.05) is 42.5 Å². The number of sulfonamides is 1. The van der Waals surface area contributed by atoms with Crippen molar-refractivity contribution in [3.05, 3.63) is 112 Å². The first-order valence-electron chi connectivity index (χ1n) is 12.7. The van der Waals surface area contributed by atoms with Crippen molar-refractivity contribution in [3.8, 4) is 5.69 Å². The fourth-order valence-corrected chi connectivity index (χ4v) is 6.11. The van der Waals surface area contributed by atoms with Crippen LogP contribution >= 0.6 is 0 Å². The molecule has 4 rings (SSSR count). The highest BCUT2D eigenvalue weighted by atomic mass is 32.2. The summed E-state index contributed by atoms with van der Waals surface area (Å²) in [6, 6.07) is 21.7. The summed E-state index contributed by atoms with van der Waals surface area (Å²) >= 11 is 0. The Morgan fingerprint density at radius 1 is 0.846 bits per heavy atom. The topological polar surface area (TPSA) is 83.8 Å². The molecule has 0 saturated heterocycles. The van der Waals surface area contributed by atoms with Crippen LogP contribution in [-0.2, 0) is 14.8 Å². The lowest BCUT2D eigenvalue weighted by molar-refractivity contribution is -0.119. The van der Waals surface area contributed by atoms with Gasteiger partial charge in [0.05, 0.1) is 22.5 Å². The van der Waals surface area contributed by atoms with E-state index in [1.165, 1.54) is 23.3 Å². The van der Waals surface area contributed by atoms with Crippen LogP contribution in [0.15, 0.2) is 82.8 Å². The number of anilines is 1. The molecule has 0 saturated carbocycles. The van der Waals surface area contributed by atoms with Gasteiger partial charge in [0.25, 0.3) is 15.9 Å². The first kappa shape index (κ1) is 27.9. The molecule has 0 atom stereocenters. The molecule has 1 amide bonds. The number of hydrogen-bond donors (Lipinski definition) is 1. The number of amides is 1. The summed E-state index contributed by atoms with van der Waals surface area (Å²) in [4.78, 5) is 13.1. The van der Waals surface area contributed by atoms with E-state index in [4.69, 9.17) is 0 Å². The van der Waals surface area contributed by atoms with E-state index in [9.17, 15) is 13.2 Å². The predicted molar refractivity (Wildman–Crippen MR) is 157 cm³/mol. The Hall–Kier alpha value is -4.17. The van der Waals surface area contributed by atoms with Crippen LogP contribution in [0, 0.1) is 41.5 Å². The zero-order valence-electron chi connectivity index (χ0n) is 23.2. The highest BCUT2D eigenvalue weighted by molar-refractivity contribution is 7.92. The molecule has 39 heavy (non-hydrogen) atoms. The van der Waals surface area contributed by atoms with Crippen molar-refractivity contribution in [2.75, 3.05) is 10.8 Å². The number of aryl methyl sites for hydroxylation is 5. The molecule has 7 nitrogen and oxygen atoms in total. The summed E-state index contributed by atoms with van der Waals surface area (Å²) in [5, 5.41) is 4.17. The second kappa shape index (κ2) is 11.3. The minimum absolute atomic E-state index is 0.110. The molecular weight excluding hydrogens is 508 g/mol. The maximum absolute atomic E-state index is 13.5. The smallest absolute Gasteiger partial charge is 0.264 e. The standard InChI is InChI=1S/C31H34N4O3S/c1-21-15-16-28(17-24(21)4)34(39(37,38)29-13-8-7-9-14-29)20-30(36)33-32-19-27-18-25(5)35(26(27)6)31-22(2)11-10-12-23(31)3/h7-19H,20H2,1-6H3,(H,33,36)/b32-19+. The Labute approximate surface area is 230 Å². The van der Waals surface area contributed by atoms with E-state index in [0.717, 1.165) is 38.1 Å². The fraction of sp³-hybridized carbons (Fsp3) is 0.226. The zero-order chi connectivity index (χ0) is 28.3. The summed E-state index contributed by atoms with van der Waals surface area (Å²) in [5.41, 5.74) is 11.3. The lowest BCUT2D eigenvalue weighted by atomic mass is 10.1. The van der Waals surface area contributed by atoms with Gasteiger partial charge in [-0.2, -0.15) is 5.10 Å². The SMILES string of the molecule is Cc1ccc(N(CC(=O)N/N=C/c2cc(C)n(-c3c(C)cccc3C)c2C)S(=O)(=O)c2ccccc2)cc1C. The molecular formula is C31H34N4O3S. The average molecular weight is 543 g/mol. The van der Waals surface area contributed by atoms with Gasteiger partial charge >= 0.3 is 0 Å². The molecule has 0 radical (unpaired) electrons. The maximum Gasteiger partial charge on any atom is 0.264 e. The number of nitrogens with one attached hydrogen (secondary N) is 1. The van der Waals surface area contributed by atoms with Crippen LogP contribution in [0.25, 0.3) is 5.69 Å². The van der Waals surface area contributed by atoms with E-state index in [-0.39, 0.29) is 4.90 Å². The first-order valence-corrected chi connectivity index (χ1v) is 14.2. The second-order valence-electron chi connectivity index (χ2n) is 9.79. The van der Waals surface area contributed by atoms with Crippen molar-refractivity contribution in [2.45, 2.75) is 46.4 Å². The van der Waals surface area contributed by atoms with Gasteiger partial charge in [0, 0.05) is 17.0 Å². The number of para-hydroxylation sites is 1. The molecule has 0 spiro atoms. The third-order valence-electron chi connectivity index (χ3n) is 6.92. The van der Waals surface area contributed by atoms with Crippen molar-refractivity contribution in [2.24, 2.45) is 5.10 Å². The van der Waals surface area contributed by atoms with E-state index in [1.54, 1.807) is 36.5 Å². The first-order chi connectivity index (χ1) is 18.5. The predicted octanol–water partition coefficient (Wildman–Crippen LogP) is 5.67. The van der Waals surface area contributed by atoms with Gasteiger partial charge in [0.2, 0.25) is 0 Å². The van der Waals surface area contributed by atoms with E-state index >= 15 is 0 Å². The van der Waals surface area contributed by atoms with Crippen LogP contribution in [0.5, 0.6) is 0 Å². The molecule has 4 aromatic rings. The van der Waals surface area contributed by atoms with E-state index < -0.39 is 22.5 Å². The minimum atomic E-state index is -3.99. The summed E-state index contributed by atoms with van der Waals surface area (Å²) in [7, 11) is -3.99. The summed E-state index contributed by atoms with van der Waals surface area (Å²) in [6.45, 7) is 11.7. The van der Waals surface area contributed by atoms with Crippen molar-refractivity contribution in [1.82, 2.24) is 9.99 Å². The zero-order valence-corrected chi connectivity index (χ0v) is 24.0. The molecule has 0 unspecified atom stereocenters. The summed E-state index contributed by atoms with van der Waals surface area (Å²) in [6.07, 6.45) is 1.59. The van der Waals surface area contributed by atoms with Gasteiger partial charge < -0.3 is 4.57 Å².